The van der Waals surface area contributed by atoms with E-state index in [-0.39, 0.29) is 11.8 Å². The summed E-state index contributed by atoms with van der Waals surface area (Å²) < 4.78 is 5.74. The summed E-state index contributed by atoms with van der Waals surface area (Å²) in [6.07, 6.45) is 8.23. The van der Waals surface area contributed by atoms with Gasteiger partial charge in [0.05, 0.1) is 17.5 Å². The van der Waals surface area contributed by atoms with Crippen molar-refractivity contribution in [1.29, 1.82) is 0 Å². The number of hydrogen-bond acceptors (Lipinski definition) is 4. The van der Waals surface area contributed by atoms with Crippen molar-refractivity contribution in [2.45, 2.75) is 57.7 Å². The molecule has 2 atom stereocenters. The highest BCUT2D eigenvalue weighted by Crippen LogP contribution is 2.43. The van der Waals surface area contributed by atoms with Gasteiger partial charge in [0.25, 0.3) is 0 Å². The van der Waals surface area contributed by atoms with Gasteiger partial charge in [0.1, 0.15) is 0 Å². The molecule has 0 aromatic carbocycles. The van der Waals surface area contributed by atoms with E-state index in [1.54, 1.807) is 6.08 Å². The normalized spacial score (nSPS) is 33.3. The third kappa shape index (κ3) is 4.59. The molecule has 4 nitrogen and oxygen atoms in total. The average Bonchev–Trinajstić information content (AvgIpc) is 2.48. The molecule has 4 heteroatoms. The summed E-state index contributed by atoms with van der Waals surface area (Å²) in [5, 5.41) is 21.2. The Bertz CT molecular complexity index is 448. The van der Waals surface area contributed by atoms with Gasteiger partial charge in [-0.1, -0.05) is 18.6 Å². The summed E-state index contributed by atoms with van der Waals surface area (Å²) in [6.45, 7) is 5.76. The van der Waals surface area contributed by atoms with Crippen LogP contribution in [-0.2, 0) is 4.74 Å². The van der Waals surface area contributed by atoms with Gasteiger partial charge < -0.3 is 19.8 Å². The van der Waals surface area contributed by atoms with Gasteiger partial charge in [-0.15, -0.1) is 0 Å². The minimum Gasteiger partial charge on any atom is -0.512 e. The van der Waals surface area contributed by atoms with Crippen LogP contribution < -0.4 is 0 Å². The van der Waals surface area contributed by atoms with Crippen LogP contribution in [-0.4, -0.2) is 54.1 Å². The second-order valence-corrected chi connectivity index (χ2v) is 7.50. The molecule has 23 heavy (non-hydrogen) atoms. The van der Waals surface area contributed by atoms with E-state index in [9.17, 15) is 10.2 Å². The average molecular weight is 323 g/mol. The Labute approximate surface area is 140 Å². The topological polar surface area (TPSA) is 52.9 Å². The Morgan fingerprint density at radius 1 is 1.30 bits per heavy atom. The molecule has 1 fully saturated rings. The van der Waals surface area contributed by atoms with Crippen molar-refractivity contribution >= 4 is 0 Å². The van der Waals surface area contributed by atoms with Crippen LogP contribution in [0.5, 0.6) is 0 Å². The van der Waals surface area contributed by atoms with Crippen molar-refractivity contribution in [2.75, 3.05) is 27.2 Å². The largest absolute Gasteiger partial charge is 0.512 e. The lowest BCUT2D eigenvalue weighted by Gasteiger charge is -2.45. The standard InChI is InChI=1S/C19H33NO3/c1-5-23-16-8-10-19(22,11-9-16)18(13-20(3)4)17-7-6-15(21)12-14(17)2/h6-7,14,16,18,21-22H,5,8-13H2,1-4H3. The molecule has 132 valence electrons. The summed E-state index contributed by atoms with van der Waals surface area (Å²) in [5.41, 5.74) is 0.604. The maximum Gasteiger partial charge on any atom is 0.0928 e. The Hall–Kier alpha value is -0.840. The van der Waals surface area contributed by atoms with E-state index in [2.05, 4.69) is 25.9 Å². The van der Waals surface area contributed by atoms with Gasteiger partial charge in [-0.2, -0.15) is 0 Å². The lowest BCUT2D eigenvalue weighted by Crippen LogP contribution is -2.48. The first-order valence-corrected chi connectivity index (χ1v) is 8.94. The number of rotatable bonds is 6. The second kappa shape index (κ2) is 7.82. The molecular weight excluding hydrogens is 290 g/mol. The molecule has 0 saturated heterocycles. The van der Waals surface area contributed by atoms with Crippen molar-refractivity contribution in [2.24, 2.45) is 11.8 Å². The van der Waals surface area contributed by atoms with Crippen LogP contribution in [0.3, 0.4) is 0 Å². The van der Waals surface area contributed by atoms with Crippen LogP contribution in [0, 0.1) is 11.8 Å². The zero-order valence-electron chi connectivity index (χ0n) is 15.1. The van der Waals surface area contributed by atoms with Gasteiger partial charge in [-0.05, 0) is 58.7 Å². The van der Waals surface area contributed by atoms with E-state index in [0.29, 0.717) is 18.3 Å². The molecule has 2 N–H and O–H groups in total. The Kier molecular flexibility index (Phi) is 6.29. The van der Waals surface area contributed by atoms with Crippen LogP contribution in [0.2, 0.25) is 0 Å². The molecule has 2 aliphatic rings. The molecule has 0 spiro atoms. The molecular formula is C19H33NO3. The quantitative estimate of drug-likeness (QED) is 0.787. The summed E-state index contributed by atoms with van der Waals surface area (Å²) in [5.74, 6) is 0.829. The van der Waals surface area contributed by atoms with Crippen molar-refractivity contribution in [3.63, 3.8) is 0 Å². The van der Waals surface area contributed by atoms with E-state index in [0.717, 1.165) is 38.8 Å². The number of aliphatic hydroxyl groups is 2. The van der Waals surface area contributed by atoms with Gasteiger partial charge in [-0.25, -0.2) is 0 Å². The Balaban J connectivity index is 2.18. The van der Waals surface area contributed by atoms with Crippen molar-refractivity contribution < 1.29 is 14.9 Å². The second-order valence-electron chi connectivity index (χ2n) is 7.50. The summed E-state index contributed by atoms with van der Waals surface area (Å²) >= 11 is 0. The van der Waals surface area contributed by atoms with E-state index in [1.807, 2.05) is 13.0 Å². The summed E-state index contributed by atoms with van der Waals surface area (Å²) in [7, 11) is 4.12. The molecule has 0 aromatic rings. The molecule has 0 radical (unpaired) electrons. The molecule has 2 rings (SSSR count). The first-order chi connectivity index (χ1) is 10.9. The maximum atomic E-state index is 11.4. The van der Waals surface area contributed by atoms with E-state index in [1.165, 1.54) is 5.57 Å². The van der Waals surface area contributed by atoms with Crippen molar-refractivity contribution in [3.05, 3.63) is 23.5 Å². The Morgan fingerprint density at radius 2 is 1.96 bits per heavy atom. The van der Waals surface area contributed by atoms with E-state index < -0.39 is 5.60 Å². The predicted molar refractivity (Wildman–Crippen MR) is 93.5 cm³/mol. The predicted octanol–water partition coefficient (Wildman–Crippen LogP) is 3.28. The zero-order valence-corrected chi connectivity index (χ0v) is 15.1. The summed E-state index contributed by atoms with van der Waals surface area (Å²) in [6, 6.07) is 0. The van der Waals surface area contributed by atoms with Crippen LogP contribution >= 0.6 is 0 Å². The van der Waals surface area contributed by atoms with Crippen LogP contribution in [0.25, 0.3) is 0 Å². The third-order valence-corrected chi connectivity index (χ3v) is 5.35. The highest BCUT2D eigenvalue weighted by molar-refractivity contribution is 5.27. The summed E-state index contributed by atoms with van der Waals surface area (Å²) in [4.78, 5) is 2.16. The minimum atomic E-state index is -0.668. The molecule has 0 bridgehead atoms. The lowest BCUT2D eigenvalue weighted by molar-refractivity contribution is -0.0836. The highest BCUT2D eigenvalue weighted by atomic mass is 16.5. The minimum absolute atomic E-state index is 0.111. The molecule has 0 amide bonds. The maximum absolute atomic E-state index is 11.4. The zero-order chi connectivity index (χ0) is 17.0. The number of nitrogens with zero attached hydrogens (tertiary/aromatic N) is 1. The lowest BCUT2D eigenvalue weighted by atomic mass is 9.68. The number of ether oxygens (including phenoxy) is 1. The van der Waals surface area contributed by atoms with Gasteiger partial charge in [0, 0.05) is 25.5 Å². The number of hydrogen-bond donors (Lipinski definition) is 2. The highest BCUT2D eigenvalue weighted by Gasteiger charge is 2.43. The first-order valence-electron chi connectivity index (χ1n) is 8.94. The number of aliphatic hydroxyl groups excluding tert-OH is 1. The first kappa shape index (κ1) is 18.5. The molecule has 0 aromatic heterocycles. The fourth-order valence-corrected chi connectivity index (χ4v) is 4.11. The van der Waals surface area contributed by atoms with Crippen molar-refractivity contribution in [1.82, 2.24) is 4.90 Å². The van der Waals surface area contributed by atoms with E-state index >= 15 is 0 Å². The third-order valence-electron chi connectivity index (χ3n) is 5.35. The molecule has 1 saturated carbocycles. The van der Waals surface area contributed by atoms with E-state index in [4.69, 9.17) is 4.74 Å². The Morgan fingerprint density at radius 3 is 2.48 bits per heavy atom. The van der Waals surface area contributed by atoms with Crippen LogP contribution in [0.15, 0.2) is 23.5 Å². The molecule has 0 heterocycles. The van der Waals surface area contributed by atoms with Crippen LogP contribution in [0.1, 0.15) is 46.0 Å². The van der Waals surface area contributed by atoms with Crippen LogP contribution in [0.4, 0.5) is 0 Å². The molecule has 0 aliphatic heterocycles. The van der Waals surface area contributed by atoms with Crippen molar-refractivity contribution in [3.8, 4) is 0 Å². The fourth-order valence-electron chi connectivity index (χ4n) is 4.11. The molecule has 2 unspecified atom stereocenters. The smallest absolute Gasteiger partial charge is 0.0928 e. The van der Waals surface area contributed by atoms with Gasteiger partial charge in [0.2, 0.25) is 0 Å². The van der Waals surface area contributed by atoms with Gasteiger partial charge in [0.15, 0.2) is 0 Å². The monoisotopic (exact) mass is 323 g/mol. The number of allylic oxidation sites excluding steroid dienone is 3. The SMILES string of the molecule is CCOC1CCC(O)(C(CN(C)C)C2=CC=C(O)CC2C)CC1. The fraction of sp³-hybridized carbons (Fsp3) is 0.789. The van der Waals surface area contributed by atoms with Gasteiger partial charge >= 0.3 is 0 Å². The molecule has 2 aliphatic carbocycles. The van der Waals surface area contributed by atoms with Gasteiger partial charge in [-0.3, -0.25) is 0 Å².